The van der Waals surface area contributed by atoms with Crippen molar-refractivity contribution in [3.63, 3.8) is 0 Å². The van der Waals surface area contributed by atoms with Crippen molar-refractivity contribution in [1.82, 2.24) is 9.88 Å². The van der Waals surface area contributed by atoms with Crippen LogP contribution in [0, 0.1) is 16.0 Å². The van der Waals surface area contributed by atoms with Crippen molar-refractivity contribution in [3.05, 3.63) is 28.4 Å². The van der Waals surface area contributed by atoms with Crippen molar-refractivity contribution >= 4 is 23.1 Å². The van der Waals surface area contributed by atoms with Gasteiger partial charge < -0.3 is 19.9 Å². The number of aromatic nitrogens is 1. The minimum absolute atomic E-state index is 0.101. The van der Waals surface area contributed by atoms with Crippen LogP contribution in [0.15, 0.2) is 18.3 Å². The van der Waals surface area contributed by atoms with Gasteiger partial charge in [-0.3, -0.25) is 0 Å². The zero-order chi connectivity index (χ0) is 15.2. The Morgan fingerprint density at radius 1 is 1.48 bits per heavy atom. The van der Waals surface area contributed by atoms with Crippen molar-refractivity contribution in [2.45, 2.75) is 12.8 Å². The number of hydrogen-bond acceptors (Lipinski definition) is 5. The molecular weight excluding hydrogens is 292 g/mol. The molecule has 0 unspecified atom stereocenters. The standard InChI is InChI=1S/C14H21ClN4O2/c1-17(9-6-15)11-12-4-7-18(8-5-12)13-2-3-14(16-10-13)19(20)21/h2-3,10,12H,4-9,11H2,1H3. The molecule has 1 aliphatic heterocycles. The number of halogens is 1. The van der Waals surface area contributed by atoms with Gasteiger partial charge >= 0.3 is 5.82 Å². The summed E-state index contributed by atoms with van der Waals surface area (Å²) in [5.41, 5.74) is 0.966. The summed E-state index contributed by atoms with van der Waals surface area (Å²) in [6.45, 7) is 3.95. The molecule has 7 heteroatoms. The summed E-state index contributed by atoms with van der Waals surface area (Å²) in [6, 6.07) is 3.25. The van der Waals surface area contributed by atoms with Crippen LogP contribution in [0.1, 0.15) is 12.8 Å². The highest BCUT2D eigenvalue weighted by Crippen LogP contribution is 2.24. The van der Waals surface area contributed by atoms with Crippen LogP contribution >= 0.6 is 11.6 Å². The van der Waals surface area contributed by atoms with E-state index in [9.17, 15) is 10.1 Å². The van der Waals surface area contributed by atoms with Crippen molar-refractivity contribution in [2.75, 3.05) is 44.0 Å². The summed E-state index contributed by atoms with van der Waals surface area (Å²) in [5, 5.41) is 10.6. The van der Waals surface area contributed by atoms with Crippen LogP contribution in [0.5, 0.6) is 0 Å². The fraction of sp³-hybridized carbons (Fsp3) is 0.643. The lowest BCUT2D eigenvalue weighted by molar-refractivity contribution is -0.389. The second-order valence-electron chi connectivity index (χ2n) is 5.51. The molecule has 0 N–H and O–H groups in total. The monoisotopic (exact) mass is 312 g/mol. The largest absolute Gasteiger partial charge is 0.368 e. The molecule has 1 aliphatic rings. The molecule has 116 valence electrons. The molecule has 0 atom stereocenters. The molecule has 21 heavy (non-hydrogen) atoms. The molecule has 0 amide bonds. The summed E-state index contributed by atoms with van der Waals surface area (Å²) in [5.74, 6) is 1.26. The Balaban J connectivity index is 1.84. The molecule has 2 rings (SSSR count). The molecule has 1 aromatic rings. The molecule has 2 heterocycles. The fourth-order valence-electron chi connectivity index (χ4n) is 2.72. The van der Waals surface area contributed by atoms with E-state index in [1.165, 1.54) is 6.07 Å². The van der Waals surface area contributed by atoms with Gasteiger partial charge in [0.05, 0.1) is 5.69 Å². The highest BCUT2D eigenvalue weighted by Gasteiger charge is 2.21. The SMILES string of the molecule is CN(CCCl)CC1CCN(c2ccc([N+](=O)[O-])nc2)CC1. The Morgan fingerprint density at radius 2 is 2.19 bits per heavy atom. The van der Waals surface area contributed by atoms with E-state index in [1.807, 2.05) is 0 Å². The lowest BCUT2D eigenvalue weighted by Gasteiger charge is -2.34. The lowest BCUT2D eigenvalue weighted by Crippen LogP contribution is -2.38. The molecule has 1 saturated heterocycles. The summed E-state index contributed by atoms with van der Waals surface area (Å²) < 4.78 is 0. The second-order valence-corrected chi connectivity index (χ2v) is 5.89. The second kappa shape index (κ2) is 7.56. The summed E-state index contributed by atoms with van der Waals surface area (Å²) in [4.78, 5) is 18.5. The van der Waals surface area contributed by atoms with E-state index in [1.54, 1.807) is 12.3 Å². The maximum Gasteiger partial charge on any atom is 0.363 e. The molecule has 0 aliphatic carbocycles. The first-order valence-corrected chi connectivity index (χ1v) is 7.73. The van der Waals surface area contributed by atoms with Crippen LogP contribution in [0.25, 0.3) is 0 Å². The third-order valence-electron chi connectivity index (χ3n) is 3.94. The quantitative estimate of drug-likeness (QED) is 0.458. The molecule has 6 nitrogen and oxygen atoms in total. The third kappa shape index (κ3) is 4.54. The first-order chi connectivity index (χ1) is 10.1. The van der Waals surface area contributed by atoms with Crippen LogP contribution in [0.3, 0.4) is 0 Å². The van der Waals surface area contributed by atoms with E-state index in [2.05, 4.69) is 21.8 Å². The van der Waals surface area contributed by atoms with E-state index in [0.717, 1.165) is 44.7 Å². The maximum absolute atomic E-state index is 10.6. The predicted molar refractivity (Wildman–Crippen MR) is 84.0 cm³/mol. The van der Waals surface area contributed by atoms with Crippen molar-refractivity contribution in [1.29, 1.82) is 0 Å². The summed E-state index contributed by atoms with van der Waals surface area (Å²) in [6.07, 6.45) is 3.85. The van der Waals surface area contributed by atoms with Gasteiger partial charge in [0.1, 0.15) is 0 Å². The first kappa shape index (κ1) is 16.0. The number of alkyl halides is 1. The zero-order valence-electron chi connectivity index (χ0n) is 12.2. The molecule has 1 aromatic heterocycles. The average Bonchev–Trinajstić information content (AvgIpc) is 2.48. The number of nitro groups is 1. The van der Waals surface area contributed by atoms with Gasteiger partial charge in [-0.1, -0.05) is 0 Å². The Hall–Kier alpha value is -1.40. The number of hydrogen-bond donors (Lipinski definition) is 0. The van der Waals surface area contributed by atoms with E-state index in [-0.39, 0.29) is 5.82 Å². The van der Waals surface area contributed by atoms with E-state index >= 15 is 0 Å². The third-order valence-corrected chi connectivity index (χ3v) is 4.10. The van der Waals surface area contributed by atoms with Gasteiger partial charge in [0, 0.05) is 38.1 Å². The fourth-order valence-corrected chi connectivity index (χ4v) is 3.01. The number of piperidine rings is 1. The van der Waals surface area contributed by atoms with Crippen LogP contribution in [0.2, 0.25) is 0 Å². The van der Waals surface area contributed by atoms with E-state index in [4.69, 9.17) is 11.6 Å². The minimum Gasteiger partial charge on any atom is -0.368 e. The molecule has 0 radical (unpaired) electrons. The van der Waals surface area contributed by atoms with Gasteiger partial charge in [-0.25, -0.2) is 0 Å². The van der Waals surface area contributed by atoms with Crippen LogP contribution < -0.4 is 4.90 Å². The van der Waals surface area contributed by atoms with Crippen molar-refractivity contribution in [3.8, 4) is 0 Å². The normalized spacial score (nSPS) is 16.4. The van der Waals surface area contributed by atoms with Crippen LogP contribution in [-0.4, -0.2) is 53.9 Å². The van der Waals surface area contributed by atoms with E-state index in [0.29, 0.717) is 11.8 Å². The average molecular weight is 313 g/mol. The number of nitrogens with zero attached hydrogens (tertiary/aromatic N) is 4. The smallest absolute Gasteiger partial charge is 0.363 e. The summed E-state index contributed by atoms with van der Waals surface area (Å²) >= 11 is 5.75. The van der Waals surface area contributed by atoms with Crippen molar-refractivity contribution < 1.29 is 4.92 Å². The van der Waals surface area contributed by atoms with E-state index < -0.39 is 4.92 Å². The van der Waals surface area contributed by atoms with Crippen molar-refractivity contribution in [2.24, 2.45) is 5.92 Å². The van der Waals surface area contributed by atoms with Crippen LogP contribution in [-0.2, 0) is 0 Å². The highest BCUT2D eigenvalue weighted by atomic mass is 35.5. The maximum atomic E-state index is 10.6. The Bertz CT molecular complexity index is 461. The summed E-state index contributed by atoms with van der Waals surface area (Å²) in [7, 11) is 2.11. The molecule has 0 spiro atoms. The van der Waals surface area contributed by atoms with Gasteiger partial charge in [-0.15, -0.1) is 11.6 Å². The molecule has 0 saturated carbocycles. The molecule has 1 fully saturated rings. The molecule has 0 bridgehead atoms. The first-order valence-electron chi connectivity index (χ1n) is 7.20. The Kier molecular flexibility index (Phi) is 5.76. The van der Waals surface area contributed by atoms with Gasteiger partial charge in [-0.2, -0.15) is 0 Å². The highest BCUT2D eigenvalue weighted by molar-refractivity contribution is 6.18. The van der Waals surface area contributed by atoms with Gasteiger partial charge in [0.25, 0.3) is 0 Å². The minimum atomic E-state index is -0.470. The van der Waals surface area contributed by atoms with Gasteiger partial charge in [0.2, 0.25) is 0 Å². The predicted octanol–water partition coefficient (Wildman–Crippen LogP) is 2.38. The molecular formula is C14H21ClN4O2. The Morgan fingerprint density at radius 3 is 2.71 bits per heavy atom. The lowest BCUT2D eigenvalue weighted by atomic mass is 9.96. The number of anilines is 1. The number of rotatable bonds is 6. The number of pyridine rings is 1. The topological polar surface area (TPSA) is 62.5 Å². The Labute approximate surface area is 129 Å². The van der Waals surface area contributed by atoms with Crippen LogP contribution in [0.4, 0.5) is 11.5 Å². The van der Waals surface area contributed by atoms with Gasteiger partial charge in [0.15, 0.2) is 6.20 Å². The molecule has 0 aromatic carbocycles. The zero-order valence-corrected chi connectivity index (χ0v) is 13.0. The van der Waals surface area contributed by atoms with Gasteiger partial charge in [-0.05, 0) is 41.8 Å².